The van der Waals surface area contributed by atoms with Crippen molar-refractivity contribution in [1.29, 1.82) is 0 Å². The third kappa shape index (κ3) is 7.79. The van der Waals surface area contributed by atoms with Crippen LogP contribution in [0, 0.1) is 17.8 Å². The van der Waals surface area contributed by atoms with E-state index in [1.807, 2.05) is 64.1 Å². The lowest BCUT2D eigenvalue weighted by atomic mass is 9.86. The summed E-state index contributed by atoms with van der Waals surface area (Å²) < 4.78 is 11.5. The Morgan fingerprint density at radius 1 is 1.09 bits per heavy atom. The third-order valence-electron chi connectivity index (χ3n) is 6.77. The van der Waals surface area contributed by atoms with E-state index in [1.54, 1.807) is 20.0 Å². The molecule has 7 atom stereocenters. The summed E-state index contributed by atoms with van der Waals surface area (Å²) in [5.41, 5.74) is 1.60. The monoisotopic (exact) mass is 485 g/mol. The first-order valence-electron chi connectivity index (χ1n) is 12.1. The number of carbonyl (C=O) groups is 3. The molecule has 7 heteroatoms. The third-order valence-corrected chi connectivity index (χ3v) is 6.77. The van der Waals surface area contributed by atoms with E-state index in [-0.39, 0.29) is 23.7 Å². The van der Waals surface area contributed by atoms with Gasteiger partial charge in [-0.1, -0.05) is 63.3 Å². The van der Waals surface area contributed by atoms with Crippen molar-refractivity contribution in [3.05, 3.63) is 59.7 Å². The predicted molar refractivity (Wildman–Crippen MR) is 134 cm³/mol. The smallest absolute Gasteiger partial charge is 0.329 e. The minimum atomic E-state index is -0.848. The molecule has 0 fully saturated rings. The number of likely N-dealkylation sites (N-methyl/N-ethyl adjacent to an activating group) is 1. The zero-order chi connectivity index (χ0) is 26.3. The minimum absolute atomic E-state index is 0.240. The number of amides is 1. The van der Waals surface area contributed by atoms with Gasteiger partial charge < -0.3 is 19.5 Å². The highest BCUT2D eigenvalue weighted by molar-refractivity contribution is 5.91. The fourth-order valence-electron chi connectivity index (χ4n) is 4.37. The number of esters is 2. The molecule has 0 aromatic heterocycles. The summed E-state index contributed by atoms with van der Waals surface area (Å²) >= 11 is 0. The lowest BCUT2D eigenvalue weighted by molar-refractivity contribution is -0.165. The molecule has 0 bridgehead atoms. The molecule has 0 aliphatic carbocycles. The van der Waals surface area contributed by atoms with Gasteiger partial charge in [-0.15, -0.1) is 0 Å². The van der Waals surface area contributed by atoms with E-state index in [0.29, 0.717) is 12.0 Å². The van der Waals surface area contributed by atoms with Crippen LogP contribution in [-0.4, -0.2) is 59.3 Å². The van der Waals surface area contributed by atoms with Crippen LogP contribution in [0.2, 0.25) is 0 Å². The summed E-state index contributed by atoms with van der Waals surface area (Å²) in [4.78, 5) is 39.6. The van der Waals surface area contributed by atoms with E-state index >= 15 is 0 Å². The molecule has 1 aromatic rings. The molecule has 1 aliphatic rings. The van der Waals surface area contributed by atoms with Gasteiger partial charge in [-0.25, -0.2) is 4.79 Å². The predicted octanol–water partition coefficient (Wildman–Crippen LogP) is 3.70. The summed E-state index contributed by atoms with van der Waals surface area (Å²) in [6.07, 6.45) is 3.22. The minimum Gasteiger partial charge on any atom is -0.462 e. The van der Waals surface area contributed by atoms with Crippen LogP contribution in [0.1, 0.15) is 47.1 Å². The Kier molecular flexibility index (Phi) is 10.3. The fourth-order valence-corrected chi connectivity index (χ4v) is 4.37. The number of hydrogen-bond donors (Lipinski definition) is 1. The van der Waals surface area contributed by atoms with Crippen LogP contribution in [0.5, 0.6) is 0 Å². The molecule has 35 heavy (non-hydrogen) atoms. The highest BCUT2D eigenvalue weighted by atomic mass is 16.6. The standard InChI is InChI=1S/C28H39NO6/c1-17-13-14-25(31)29(7)24(16-23-11-9-8-10-12-23)28(33)34-21(5)20(4)27(35-22(6)30)19(3)15-18(2)26(17)32/h8-15,17,19-21,24,26-27,32H,16H2,1-7H3/b14-13-,18-15-/t17-,19+,20+,21+,24+,26+,27-/m1/s1. The largest absolute Gasteiger partial charge is 0.462 e. The van der Waals surface area contributed by atoms with Gasteiger partial charge in [0, 0.05) is 38.1 Å². The molecule has 1 amide bonds. The Labute approximate surface area is 208 Å². The number of ether oxygens (including phenoxy) is 2. The molecule has 0 saturated heterocycles. The zero-order valence-electron chi connectivity index (χ0n) is 21.8. The molecule has 192 valence electrons. The maximum atomic E-state index is 13.3. The van der Waals surface area contributed by atoms with Crippen LogP contribution in [0.25, 0.3) is 0 Å². The van der Waals surface area contributed by atoms with Gasteiger partial charge in [0.05, 0.1) is 6.10 Å². The van der Waals surface area contributed by atoms with Crippen molar-refractivity contribution in [2.24, 2.45) is 17.8 Å². The Bertz CT molecular complexity index is 940. The van der Waals surface area contributed by atoms with Gasteiger partial charge in [0.2, 0.25) is 5.91 Å². The summed E-state index contributed by atoms with van der Waals surface area (Å²) in [5, 5.41) is 10.8. The number of cyclic esters (lactones) is 1. The number of nitrogens with zero attached hydrogens (tertiary/aromatic N) is 1. The molecule has 7 nitrogen and oxygen atoms in total. The zero-order valence-corrected chi connectivity index (χ0v) is 21.8. The number of hydrogen-bond acceptors (Lipinski definition) is 6. The molecule has 1 N–H and O–H groups in total. The average molecular weight is 486 g/mol. The van der Waals surface area contributed by atoms with Gasteiger partial charge in [-0.05, 0) is 31.1 Å². The highest BCUT2D eigenvalue weighted by Gasteiger charge is 2.35. The molecule has 1 aliphatic heterocycles. The lowest BCUT2D eigenvalue weighted by Gasteiger charge is -2.33. The van der Waals surface area contributed by atoms with Crippen molar-refractivity contribution in [2.75, 3.05) is 7.05 Å². The molecular formula is C28H39NO6. The van der Waals surface area contributed by atoms with Crippen molar-refractivity contribution in [2.45, 2.75) is 72.3 Å². The molecule has 1 heterocycles. The first-order valence-corrected chi connectivity index (χ1v) is 12.1. The topological polar surface area (TPSA) is 93.1 Å². The summed E-state index contributed by atoms with van der Waals surface area (Å²) in [6, 6.07) is 8.59. The summed E-state index contributed by atoms with van der Waals surface area (Å²) in [7, 11) is 1.57. The first-order chi connectivity index (χ1) is 16.4. The maximum absolute atomic E-state index is 13.3. The van der Waals surface area contributed by atoms with Gasteiger partial charge >= 0.3 is 11.9 Å². The van der Waals surface area contributed by atoms with Crippen LogP contribution in [0.4, 0.5) is 0 Å². The van der Waals surface area contributed by atoms with Crippen LogP contribution < -0.4 is 0 Å². The SMILES string of the molecule is CC(=O)O[C@H]1[C@@H](C)[C@H](C)OC(=O)[C@H](Cc2ccccc2)N(C)C(=O)/C=C\[C@@H](C)[C@H](O)/C(C)=C\[C@@H]1C. The van der Waals surface area contributed by atoms with Gasteiger partial charge in [0.25, 0.3) is 0 Å². The van der Waals surface area contributed by atoms with Crippen LogP contribution >= 0.6 is 0 Å². The van der Waals surface area contributed by atoms with Crippen LogP contribution in [-0.2, 0) is 30.3 Å². The van der Waals surface area contributed by atoms with Crippen molar-refractivity contribution in [1.82, 2.24) is 4.90 Å². The highest BCUT2D eigenvalue weighted by Crippen LogP contribution is 2.27. The van der Waals surface area contributed by atoms with Gasteiger partial charge in [0.1, 0.15) is 18.2 Å². The van der Waals surface area contributed by atoms with Crippen LogP contribution in [0.15, 0.2) is 54.1 Å². The number of carbonyl (C=O) groups excluding carboxylic acids is 3. The maximum Gasteiger partial charge on any atom is 0.329 e. The number of aliphatic hydroxyl groups is 1. The summed E-state index contributed by atoms with van der Waals surface area (Å²) in [6.45, 7) is 10.5. The second-order valence-corrected chi connectivity index (χ2v) is 9.66. The fraction of sp³-hybridized carbons (Fsp3) is 0.536. The van der Waals surface area contributed by atoms with E-state index < -0.39 is 36.3 Å². The Hall–Kier alpha value is -2.93. The number of rotatable bonds is 3. The van der Waals surface area contributed by atoms with Crippen molar-refractivity contribution < 1.29 is 29.0 Å². The average Bonchev–Trinajstić information content (AvgIpc) is 2.82. The Balaban J connectivity index is 2.49. The lowest BCUT2D eigenvalue weighted by Crippen LogP contribution is -2.46. The quantitative estimate of drug-likeness (QED) is 0.518. The normalized spacial score (nSPS) is 33.5. The van der Waals surface area contributed by atoms with E-state index in [0.717, 1.165) is 5.56 Å². The first kappa shape index (κ1) is 28.3. The van der Waals surface area contributed by atoms with Crippen LogP contribution in [0.3, 0.4) is 0 Å². The van der Waals surface area contributed by atoms with E-state index in [1.165, 1.54) is 17.9 Å². The van der Waals surface area contributed by atoms with E-state index in [9.17, 15) is 19.5 Å². The molecule has 0 spiro atoms. The number of benzene rings is 1. The van der Waals surface area contributed by atoms with Gasteiger partial charge in [-0.3, -0.25) is 9.59 Å². The molecule has 0 unspecified atom stereocenters. The molecule has 1 aromatic carbocycles. The van der Waals surface area contributed by atoms with Crippen molar-refractivity contribution >= 4 is 17.8 Å². The molecule has 0 radical (unpaired) electrons. The molecule has 2 rings (SSSR count). The number of aliphatic hydroxyl groups excluding tert-OH is 1. The molecular weight excluding hydrogens is 446 g/mol. The summed E-state index contributed by atoms with van der Waals surface area (Å²) in [5.74, 6) is -2.23. The van der Waals surface area contributed by atoms with Crippen molar-refractivity contribution in [3.8, 4) is 0 Å². The Morgan fingerprint density at radius 2 is 1.71 bits per heavy atom. The van der Waals surface area contributed by atoms with E-state index in [4.69, 9.17) is 9.47 Å². The van der Waals surface area contributed by atoms with Gasteiger partial charge in [0.15, 0.2) is 0 Å². The second kappa shape index (κ2) is 12.7. The second-order valence-electron chi connectivity index (χ2n) is 9.66. The van der Waals surface area contributed by atoms with E-state index in [2.05, 4.69) is 0 Å². The molecule has 0 saturated carbocycles. The van der Waals surface area contributed by atoms with Crippen molar-refractivity contribution in [3.63, 3.8) is 0 Å². The Morgan fingerprint density at radius 3 is 2.31 bits per heavy atom. The van der Waals surface area contributed by atoms with Gasteiger partial charge in [-0.2, -0.15) is 0 Å².